The summed E-state index contributed by atoms with van der Waals surface area (Å²) < 4.78 is 0. The SMILES string of the molecule is CC(CC(C)(C)c1ccccc1)NC(=O)[C@@H](N)Cc1ccccc1.Cl. The normalized spacial score (nSPS) is 13.4. The fraction of sp³-hybridized carbons (Fsp3) is 0.381. The van der Waals surface area contributed by atoms with Crippen molar-refractivity contribution in [1.29, 1.82) is 0 Å². The van der Waals surface area contributed by atoms with Gasteiger partial charge in [0.2, 0.25) is 5.91 Å². The number of nitrogens with one attached hydrogen (secondary N) is 1. The van der Waals surface area contributed by atoms with Crippen LogP contribution < -0.4 is 11.1 Å². The first-order valence-electron chi connectivity index (χ1n) is 8.54. The average Bonchev–Trinajstić information content (AvgIpc) is 2.56. The minimum absolute atomic E-state index is 0. The molecule has 0 aromatic heterocycles. The van der Waals surface area contributed by atoms with Gasteiger partial charge in [-0.15, -0.1) is 12.4 Å². The van der Waals surface area contributed by atoms with Gasteiger partial charge >= 0.3 is 0 Å². The summed E-state index contributed by atoms with van der Waals surface area (Å²) in [5, 5.41) is 3.06. The maximum Gasteiger partial charge on any atom is 0.237 e. The van der Waals surface area contributed by atoms with Crippen molar-refractivity contribution in [1.82, 2.24) is 5.32 Å². The van der Waals surface area contributed by atoms with Gasteiger partial charge in [0.1, 0.15) is 0 Å². The van der Waals surface area contributed by atoms with Crippen molar-refractivity contribution in [3.8, 4) is 0 Å². The van der Waals surface area contributed by atoms with Crippen molar-refractivity contribution in [2.75, 3.05) is 0 Å². The first-order valence-corrected chi connectivity index (χ1v) is 8.54. The Balaban J connectivity index is 0.00000312. The zero-order chi connectivity index (χ0) is 17.6. The Hall–Kier alpha value is -1.84. The fourth-order valence-electron chi connectivity index (χ4n) is 3.13. The Kier molecular flexibility index (Phi) is 8.14. The van der Waals surface area contributed by atoms with Crippen molar-refractivity contribution < 1.29 is 4.79 Å². The van der Waals surface area contributed by atoms with Gasteiger partial charge in [-0.05, 0) is 36.3 Å². The van der Waals surface area contributed by atoms with Crippen LogP contribution in [0.4, 0.5) is 0 Å². The summed E-state index contributed by atoms with van der Waals surface area (Å²) in [5.41, 5.74) is 8.42. The number of carbonyl (C=O) groups is 1. The highest BCUT2D eigenvalue weighted by Gasteiger charge is 2.25. The predicted molar refractivity (Wildman–Crippen MR) is 107 cm³/mol. The highest BCUT2D eigenvalue weighted by Crippen LogP contribution is 2.28. The fourth-order valence-corrected chi connectivity index (χ4v) is 3.13. The summed E-state index contributed by atoms with van der Waals surface area (Å²) in [5.74, 6) is -0.0878. The Morgan fingerprint density at radius 3 is 2.12 bits per heavy atom. The number of halogens is 1. The van der Waals surface area contributed by atoms with Gasteiger partial charge in [-0.3, -0.25) is 4.79 Å². The summed E-state index contributed by atoms with van der Waals surface area (Å²) >= 11 is 0. The van der Waals surface area contributed by atoms with Crippen LogP contribution in [0.25, 0.3) is 0 Å². The summed E-state index contributed by atoms with van der Waals surface area (Å²) in [6, 6.07) is 19.8. The highest BCUT2D eigenvalue weighted by atomic mass is 35.5. The van der Waals surface area contributed by atoms with Crippen LogP contribution >= 0.6 is 12.4 Å². The van der Waals surface area contributed by atoms with Crippen LogP contribution in [0.3, 0.4) is 0 Å². The van der Waals surface area contributed by atoms with Crippen molar-refractivity contribution in [3.05, 3.63) is 71.8 Å². The van der Waals surface area contributed by atoms with E-state index in [1.165, 1.54) is 5.56 Å². The predicted octanol–water partition coefficient (Wildman–Crippen LogP) is 3.85. The molecular weight excluding hydrogens is 332 g/mol. The van der Waals surface area contributed by atoms with E-state index in [-0.39, 0.29) is 29.8 Å². The van der Waals surface area contributed by atoms with Crippen molar-refractivity contribution in [2.45, 2.75) is 51.1 Å². The number of hydrogen-bond donors (Lipinski definition) is 2. The second kappa shape index (κ2) is 9.59. The maximum atomic E-state index is 12.3. The van der Waals surface area contributed by atoms with Crippen LogP contribution in [-0.4, -0.2) is 18.0 Å². The molecule has 0 saturated carbocycles. The van der Waals surface area contributed by atoms with E-state index in [1.807, 2.05) is 43.3 Å². The van der Waals surface area contributed by atoms with Crippen molar-refractivity contribution in [2.24, 2.45) is 5.73 Å². The van der Waals surface area contributed by atoms with Gasteiger partial charge in [-0.25, -0.2) is 0 Å². The molecule has 2 aromatic carbocycles. The van der Waals surface area contributed by atoms with Crippen LogP contribution in [0.15, 0.2) is 60.7 Å². The third-order valence-electron chi connectivity index (χ3n) is 4.40. The van der Waals surface area contributed by atoms with E-state index in [2.05, 4.69) is 43.4 Å². The molecular formula is C21H29ClN2O. The molecule has 0 bridgehead atoms. The monoisotopic (exact) mass is 360 g/mol. The van der Waals surface area contributed by atoms with Crippen LogP contribution in [0.2, 0.25) is 0 Å². The molecule has 25 heavy (non-hydrogen) atoms. The minimum Gasteiger partial charge on any atom is -0.352 e. The highest BCUT2D eigenvalue weighted by molar-refractivity contribution is 5.85. The van der Waals surface area contributed by atoms with Gasteiger partial charge in [0.15, 0.2) is 0 Å². The van der Waals surface area contributed by atoms with Crippen molar-refractivity contribution >= 4 is 18.3 Å². The molecule has 4 heteroatoms. The van der Waals surface area contributed by atoms with E-state index < -0.39 is 6.04 Å². The smallest absolute Gasteiger partial charge is 0.237 e. The Labute approximate surface area is 157 Å². The molecule has 0 aliphatic heterocycles. The standard InChI is InChI=1S/C21H28N2O.ClH/c1-16(15-21(2,3)18-12-8-5-9-13-18)23-20(24)19(22)14-17-10-6-4-7-11-17;/h4-13,16,19H,14-15,22H2,1-3H3,(H,23,24);1H/t16?,19-;/m0./s1. The van der Waals surface area contributed by atoms with Gasteiger partial charge in [0, 0.05) is 6.04 Å². The topological polar surface area (TPSA) is 55.1 Å². The summed E-state index contributed by atoms with van der Waals surface area (Å²) in [6.45, 7) is 6.45. The van der Waals surface area contributed by atoms with E-state index in [9.17, 15) is 4.79 Å². The minimum atomic E-state index is -0.519. The molecule has 136 valence electrons. The molecule has 1 amide bonds. The lowest BCUT2D eigenvalue weighted by Gasteiger charge is -2.29. The molecule has 0 radical (unpaired) electrons. The molecule has 0 fully saturated rings. The maximum absolute atomic E-state index is 12.3. The van der Waals surface area contributed by atoms with Crippen molar-refractivity contribution in [3.63, 3.8) is 0 Å². The number of hydrogen-bond acceptors (Lipinski definition) is 2. The van der Waals surface area contributed by atoms with E-state index in [0.29, 0.717) is 6.42 Å². The number of rotatable bonds is 7. The third-order valence-corrected chi connectivity index (χ3v) is 4.40. The summed E-state index contributed by atoms with van der Waals surface area (Å²) in [7, 11) is 0. The molecule has 1 unspecified atom stereocenters. The van der Waals surface area contributed by atoms with Crippen LogP contribution in [0.5, 0.6) is 0 Å². The van der Waals surface area contributed by atoms with Gasteiger partial charge in [-0.1, -0.05) is 74.5 Å². The number of benzene rings is 2. The molecule has 0 spiro atoms. The van der Waals surface area contributed by atoms with E-state index in [0.717, 1.165) is 12.0 Å². The Morgan fingerprint density at radius 1 is 1.04 bits per heavy atom. The molecule has 3 N–H and O–H groups in total. The van der Waals surface area contributed by atoms with Gasteiger partial charge in [-0.2, -0.15) is 0 Å². The first kappa shape index (κ1) is 21.2. The second-order valence-corrected chi connectivity index (χ2v) is 7.16. The molecule has 2 atom stereocenters. The van der Waals surface area contributed by atoms with Crippen LogP contribution in [0, 0.1) is 0 Å². The Morgan fingerprint density at radius 2 is 1.56 bits per heavy atom. The van der Waals surface area contributed by atoms with Crippen LogP contribution in [-0.2, 0) is 16.6 Å². The average molecular weight is 361 g/mol. The zero-order valence-corrected chi connectivity index (χ0v) is 16.1. The number of carbonyl (C=O) groups excluding carboxylic acids is 1. The molecule has 0 aliphatic carbocycles. The summed E-state index contributed by atoms with van der Waals surface area (Å²) in [4.78, 5) is 12.3. The molecule has 0 saturated heterocycles. The molecule has 3 nitrogen and oxygen atoms in total. The van der Waals surface area contributed by atoms with Crippen LogP contribution in [0.1, 0.15) is 38.3 Å². The largest absolute Gasteiger partial charge is 0.352 e. The Bertz CT molecular complexity index is 643. The number of nitrogens with two attached hydrogens (primary N) is 1. The lowest BCUT2D eigenvalue weighted by Crippen LogP contribution is -2.46. The molecule has 2 aromatic rings. The van der Waals surface area contributed by atoms with E-state index >= 15 is 0 Å². The molecule has 2 rings (SSSR count). The van der Waals surface area contributed by atoms with Gasteiger partial charge in [0.05, 0.1) is 6.04 Å². The quantitative estimate of drug-likeness (QED) is 0.787. The zero-order valence-electron chi connectivity index (χ0n) is 15.2. The van der Waals surface area contributed by atoms with Gasteiger partial charge in [0.25, 0.3) is 0 Å². The van der Waals surface area contributed by atoms with E-state index in [1.54, 1.807) is 0 Å². The molecule has 0 heterocycles. The first-order chi connectivity index (χ1) is 11.4. The lowest BCUT2D eigenvalue weighted by molar-refractivity contribution is -0.123. The number of amides is 1. The lowest BCUT2D eigenvalue weighted by atomic mass is 9.79. The second-order valence-electron chi connectivity index (χ2n) is 7.16. The molecule has 0 aliphatic rings. The summed E-state index contributed by atoms with van der Waals surface area (Å²) in [6.07, 6.45) is 1.42. The van der Waals surface area contributed by atoms with Gasteiger partial charge < -0.3 is 11.1 Å². The third kappa shape index (κ3) is 6.52. The van der Waals surface area contributed by atoms with E-state index in [4.69, 9.17) is 5.73 Å².